The van der Waals surface area contributed by atoms with Crippen LogP contribution in [0.25, 0.3) is 17.3 Å². The standard InChI is InChI=1S/C22H21BrN2O2S/c1-2-3-14-27-20-7-5-4-6-17(20)10-13-21(26)25-22-24-19(15-28-22)16-8-11-18(23)12-9-16/h4-13,15H,2-3,14H2,1H3,(H,24,25,26)/b13-10+. The molecule has 3 rings (SSSR count). The third-order valence-electron chi connectivity index (χ3n) is 3.96. The Morgan fingerprint density at radius 3 is 2.79 bits per heavy atom. The minimum Gasteiger partial charge on any atom is -0.493 e. The highest BCUT2D eigenvalue weighted by molar-refractivity contribution is 9.10. The largest absolute Gasteiger partial charge is 0.493 e. The molecule has 2 aromatic carbocycles. The molecule has 1 N–H and O–H groups in total. The molecule has 1 heterocycles. The number of rotatable bonds is 8. The smallest absolute Gasteiger partial charge is 0.250 e. The van der Waals surface area contributed by atoms with Crippen LogP contribution in [0.3, 0.4) is 0 Å². The zero-order valence-corrected chi connectivity index (χ0v) is 17.9. The molecule has 0 atom stereocenters. The summed E-state index contributed by atoms with van der Waals surface area (Å²) >= 11 is 4.83. The summed E-state index contributed by atoms with van der Waals surface area (Å²) in [5.74, 6) is 0.562. The summed E-state index contributed by atoms with van der Waals surface area (Å²) in [6, 6.07) is 15.6. The van der Waals surface area contributed by atoms with Crippen LogP contribution < -0.4 is 10.1 Å². The van der Waals surface area contributed by atoms with Crippen molar-refractivity contribution in [1.29, 1.82) is 0 Å². The van der Waals surface area contributed by atoms with Crippen LogP contribution in [-0.2, 0) is 4.79 Å². The lowest BCUT2D eigenvalue weighted by molar-refractivity contribution is -0.111. The van der Waals surface area contributed by atoms with Gasteiger partial charge < -0.3 is 4.74 Å². The zero-order valence-electron chi connectivity index (χ0n) is 15.5. The summed E-state index contributed by atoms with van der Waals surface area (Å²) in [5.41, 5.74) is 2.73. The van der Waals surface area contributed by atoms with E-state index in [-0.39, 0.29) is 5.91 Å². The molecule has 28 heavy (non-hydrogen) atoms. The lowest BCUT2D eigenvalue weighted by atomic mass is 10.2. The van der Waals surface area contributed by atoms with Gasteiger partial charge in [-0.05, 0) is 30.7 Å². The van der Waals surface area contributed by atoms with Crippen LogP contribution in [0, 0.1) is 0 Å². The minimum atomic E-state index is -0.222. The first-order chi connectivity index (χ1) is 13.7. The molecular formula is C22H21BrN2O2S. The van der Waals surface area contributed by atoms with Gasteiger partial charge in [-0.3, -0.25) is 10.1 Å². The van der Waals surface area contributed by atoms with Gasteiger partial charge in [-0.1, -0.05) is 59.6 Å². The van der Waals surface area contributed by atoms with Crippen LogP contribution >= 0.6 is 27.3 Å². The number of aromatic nitrogens is 1. The van der Waals surface area contributed by atoms with E-state index in [4.69, 9.17) is 4.74 Å². The van der Waals surface area contributed by atoms with Crippen LogP contribution in [0.1, 0.15) is 25.3 Å². The Morgan fingerprint density at radius 1 is 1.21 bits per heavy atom. The van der Waals surface area contributed by atoms with E-state index in [0.29, 0.717) is 11.7 Å². The van der Waals surface area contributed by atoms with Crippen LogP contribution in [0.2, 0.25) is 0 Å². The summed E-state index contributed by atoms with van der Waals surface area (Å²) in [5, 5.41) is 5.32. The minimum absolute atomic E-state index is 0.222. The molecule has 0 aliphatic rings. The molecule has 0 saturated carbocycles. The average Bonchev–Trinajstić information content (AvgIpc) is 3.16. The second-order valence-electron chi connectivity index (χ2n) is 6.11. The number of nitrogens with zero attached hydrogens (tertiary/aromatic N) is 1. The molecule has 6 heteroatoms. The molecule has 0 radical (unpaired) electrons. The van der Waals surface area contributed by atoms with Crippen molar-refractivity contribution in [1.82, 2.24) is 4.98 Å². The molecule has 0 aliphatic heterocycles. The van der Waals surface area contributed by atoms with Crippen LogP contribution in [0.5, 0.6) is 5.75 Å². The monoisotopic (exact) mass is 456 g/mol. The highest BCUT2D eigenvalue weighted by atomic mass is 79.9. The molecular weight excluding hydrogens is 436 g/mol. The third kappa shape index (κ3) is 5.78. The van der Waals surface area contributed by atoms with Gasteiger partial charge in [0.1, 0.15) is 5.75 Å². The van der Waals surface area contributed by atoms with Crippen LogP contribution in [-0.4, -0.2) is 17.5 Å². The van der Waals surface area contributed by atoms with Gasteiger partial charge in [0.15, 0.2) is 5.13 Å². The Morgan fingerprint density at radius 2 is 2.00 bits per heavy atom. The molecule has 3 aromatic rings. The second-order valence-corrected chi connectivity index (χ2v) is 7.88. The number of anilines is 1. The number of ether oxygens (including phenoxy) is 1. The van der Waals surface area contributed by atoms with Crippen molar-refractivity contribution in [2.75, 3.05) is 11.9 Å². The fraction of sp³-hybridized carbons (Fsp3) is 0.182. The van der Waals surface area contributed by atoms with E-state index < -0.39 is 0 Å². The van der Waals surface area contributed by atoms with Gasteiger partial charge in [-0.15, -0.1) is 11.3 Å². The molecule has 0 fully saturated rings. The van der Waals surface area contributed by atoms with E-state index in [1.54, 1.807) is 6.08 Å². The average molecular weight is 457 g/mol. The third-order valence-corrected chi connectivity index (χ3v) is 5.25. The topological polar surface area (TPSA) is 51.2 Å². The van der Waals surface area contributed by atoms with Crippen molar-refractivity contribution in [2.45, 2.75) is 19.8 Å². The highest BCUT2D eigenvalue weighted by Gasteiger charge is 2.07. The number of hydrogen-bond donors (Lipinski definition) is 1. The van der Waals surface area contributed by atoms with Crippen LogP contribution in [0.15, 0.2) is 64.5 Å². The molecule has 144 valence electrons. The van der Waals surface area contributed by atoms with Gasteiger partial charge in [0.25, 0.3) is 0 Å². The normalized spacial score (nSPS) is 10.9. The van der Waals surface area contributed by atoms with Gasteiger partial charge in [0.05, 0.1) is 12.3 Å². The lowest BCUT2D eigenvalue weighted by Gasteiger charge is -2.08. The maximum Gasteiger partial charge on any atom is 0.250 e. The van der Waals surface area contributed by atoms with Crippen molar-refractivity contribution >= 4 is 44.4 Å². The second kappa shape index (κ2) is 10.2. The Labute approximate surface area is 177 Å². The molecule has 0 saturated heterocycles. The number of hydrogen-bond acceptors (Lipinski definition) is 4. The van der Waals surface area contributed by atoms with Crippen molar-refractivity contribution in [3.8, 4) is 17.0 Å². The fourth-order valence-corrected chi connectivity index (χ4v) is 3.46. The maximum absolute atomic E-state index is 12.3. The number of nitrogens with one attached hydrogen (secondary N) is 1. The number of thiazole rings is 1. The molecule has 1 aromatic heterocycles. The number of amides is 1. The summed E-state index contributed by atoms with van der Waals surface area (Å²) < 4.78 is 6.81. The number of halogens is 1. The van der Waals surface area contributed by atoms with E-state index >= 15 is 0 Å². The quantitative estimate of drug-likeness (QED) is 0.314. The summed E-state index contributed by atoms with van der Waals surface area (Å²) in [7, 11) is 0. The predicted molar refractivity (Wildman–Crippen MR) is 120 cm³/mol. The van der Waals surface area contributed by atoms with Gasteiger partial charge in [-0.25, -0.2) is 4.98 Å². The van der Waals surface area contributed by atoms with Crippen molar-refractivity contribution in [2.24, 2.45) is 0 Å². The van der Waals surface area contributed by atoms with Gasteiger partial charge in [0.2, 0.25) is 5.91 Å². The van der Waals surface area contributed by atoms with Gasteiger partial charge >= 0.3 is 0 Å². The van der Waals surface area contributed by atoms with Gasteiger partial charge in [0, 0.05) is 27.1 Å². The van der Waals surface area contributed by atoms with Gasteiger partial charge in [-0.2, -0.15) is 0 Å². The first kappa shape index (κ1) is 20.3. The number of carbonyl (C=O) groups is 1. The maximum atomic E-state index is 12.3. The Bertz CT molecular complexity index is 951. The van der Waals surface area contributed by atoms with E-state index in [1.165, 1.54) is 17.4 Å². The Balaban J connectivity index is 1.62. The molecule has 1 amide bonds. The Kier molecular flexibility index (Phi) is 7.39. The highest BCUT2D eigenvalue weighted by Crippen LogP contribution is 2.26. The summed E-state index contributed by atoms with van der Waals surface area (Å²) in [4.78, 5) is 16.8. The molecule has 0 bridgehead atoms. The number of para-hydroxylation sites is 1. The first-order valence-electron chi connectivity index (χ1n) is 9.08. The number of unbranched alkanes of at least 4 members (excludes halogenated alkanes) is 1. The van der Waals surface area contributed by atoms with E-state index in [9.17, 15) is 4.79 Å². The predicted octanol–water partition coefficient (Wildman–Crippen LogP) is 6.40. The van der Waals surface area contributed by atoms with Crippen molar-refractivity contribution in [3.05, 3.63) is 70.0 Å². The fourth-order valence-electron chi connectivity index (χ4n) is 2.47. The molecule has 0 aliphatic carbocycles. The molecule has 4 nitrogen and oxygen atoms in total. The molecule has 0 unspecified atom stereocenters. The SMILES string of the molecule is CCCCOc1ccccc1/C=C/C(=O)Nc1nc(-c2ccc(Br)cc2)cs1. The van der Waals surface area contributed by atoms with Crippen LogP contribution in [0.4, 0.5) is 5.13 Å². The number of benzene rings is 2. The van der Waals surface area contributed by atoms with E-state index in [2.05, 4.69) is 33.2 Å². The van der Waals surface area contributed by atoms with Crippen molar-refractivity contribution in [3.63, 3.8) is 0 Å². The summed E-state index contributed by atoms with van der Waals surface area (Å²) in [6.45, 7) is 2.80. The van der Waals surface area contributed by atoms with E-state index in [0.717, 1.165) is 39.9 Å². The zero-order chi connectivity index (χ0) is 19.8. The molecule has 0 spiro atoms. The number of carbonyl (C=O) groups excluding carboxylic acids is 1. The van der Waals surface area contributed by atoms with Crippen molar-refractivity contribution < 1.29 is 9.53 Å². The summed E-state index contributed by atoms with van der Waals surface area (Å²) in [6.07, 6.45) is 5.35. The van der Waals surface area contributed by atoms with E-state index in [1.807, 2.05) is 53.9 Å². The lowest BCUT2D eigenvalue weighted by Crippen LogP contribution is -2.07. The first-order valence-corrected chi connectivity index (χ1v) is 10.8. The Hall–Kier alpha value is -2.44.